The Morgan fingerprint density at radius 2 is 0.638 bits per heavy atom. The van der Waals surface area contributed by atoms with Crippen molar-refractivity contribution < 1.29 is 0 Å². The monoisotopic (exact) mass is 736 g/mol. The Morgan fingerprint density at radius 3 is 1.34 bits per heavy atom. The van der Waals surface area contributed by atoms with Gasteiger partial charge < -0.3 is 0 Å². The molecule has 58 heavy (non-hydrogen) atoms. The van der Waals surface area contributed by atoms with Gasteiger partial charge in [0.1, 0.15) is 0 Å². The second kappa shape index (κ2) is 14.1. The van der Waals surface area contributed by atoms with Crippen molar-refractivity contribution in [3.05, 3.63) is 218 Å². The zero-order chi connectivity index (χ0) is 38.4. The van der Waals surface area contributed by atoms with Gasteiger partial charge in [0.25, 0.3) is 0 Å². The summed E-state index contributed by atoms with van der Waals surface area (Å²) in [6.07, 6.45) is 0. The Hall–Kier alpha value is -7.68. The number of fused-ring (bicyclic) bond motifs is 7. The molecule has 11 aromatic rings. The molecule has 10 aromatic carbocycles. The number of hydrogen-bond acceptors (Lipinski definition) is 2. The third-order valence-electron chi connectivity index (χ3n) is 11.5. The molecule has 0 aliphatic rings. The molecule has 270 valence electrons. The van der Waals surface area contributed by atoms with Crippen molar-refractivity contribution in [2.75, 3.05) is 0 Å². The van der Waals surface area contributed by atoms with Crippen LogP contribution in [0, 0.1) is 0 Å². The van der Waals surface area contributed by atoms with Gasteiger partial charge in [0.2, 0.25) is 0 Å². The van der Waals surface area contributed by atoms with Gasteiger partial charge in [-0.05, 0) is 101 Å². The summed E-state index contributed by atoms with van der Waals surface area (Å²) in [5.74, 6) is 0.693. The Labute approximate surface area is 337 Å². The van der Waals surface area contributed by atoms with Crippen LogP contribution < -0.4 is 0 Å². The molecule has 0 radical (unpaired) electrons. The Morgan fingerprint density at radius 1 is 0.207 bits per heavy atom. The average molecular weight is 737 g/mol. The third kappa shape index (κ3) is 6.09. The average Bonchev–Trinajstić information content (AvgIpc) is 3.31. The lowest BCUT2D eigenvalue weighted by Gasteiger charge is -2.13. The predicted molar refractivity (Wildman–Crippen MR) is 245 cm³/mol. The van der Waals surface area contributed by atoms with Gasteiger partial charge in [-0.3, -0.25) is 0 Å². The van der Waals surface area contributed by atoms with E-state index in [0.717, 1.165) is 39.2 Å². The molecule has 11 rings (SSSR count). The lowest BCUT2D eigenvalue weighted by atomic mass is 9.92. The number of aromatic nitrogens is 2. The first kappa shape index (κ1) is 33.6. The lowest BCUT2D eigenvalue weighted by molar-refractivity contribution is 1.18. The van der Waals surface area contributed by atoms with Gasteiger partial charge in [0.05, 0.1) is 11.4 Å². The first-order valence-corrected chi connectivity index (χ1v) is 19.8. The van der Waals surface area contributed by atoms with Gasteiger partial charge in [0, 0.05) is 16.7 Å². The molecule has 1 heterocycles. The van der Waals surface area contributed by atoms with E-state index in [1.165, 1.54) is 65.3 Å². The standard InChI is InChI=1S/C56H36N2/c1-2-11-37(12-3-1)39-21-26-41(27-22-39)54-36-55(47-16-10-15-44(34-47)45-30-25-38-13-4-5-14-43(38)33-45)58-56(57-54)42-28-23-40(24-29-42)46-31-32-52-50-19-7-6-17-48(50)49-18-8-9-20-51(49)53(52)35-46/h1-36H. The molecule has 0 saturated heterocycles. The highest BCUT2D eigenvalue weighted by Crippen LogP contribution is 2.38. The van der Waals surface area contributed by atoms with Crippen LogP contribution in [0.15, 0.2) is 218 Å². The quantitative estimate of drug-likeness (QED) is 0.159. The van der Waals surface area contributed by atoms with Crippen LogP contribution in [-0.4, -0.2) is 9.97 Å². The summed E-state index contributed by atoms with van der Waals surface area (Å²) in [6, 6.07) is 78.2. The van der Waals surface area contributed by atoms with Gasteiger partial charge in [-0.2, -0.15) is 0 Å². The molecule has 1 aromatic heterocycles. The van der Waals surface area contributed by atoms with Gasteiger partial charge in [-0.25, -0.2) is 9.97 Å². The molecule has 0 atom stereocenters. The van der Waals surface area contributed by atoms with E-state index in [2.05, 4.69) is 218 Å². The van der Waals surface area contributed by atoms with Crippen molar-refractivity contribution >= 4 is 43.1 Å². The van der Waals surface area contributed by atoms with Crippen LogP contribution in [0.2, 0.25) is 0 Å². The fraction of sp³-hybridized carbons (Fsp3) is 0. The summed E-state index contributed by atoms with van der Waals surface area (Å²) in [5.41, 5.74) is 11.8. The molecule has 0 amide bonds. The molecule has 0 bridgehead atoms. The number of benzene rings is 10. The van der Waals surface area contributed by atoms with Gasteiger partial charge in [-0.15, -0.1) is 0 Å². The summed E-state index contributed by atoms with van der Waals surface area (Å²) in [6.45, 7) is 0. The van der Waals surface area contributed by atoms with Crippen LogP contribution in [0.1, 0.15) is 0 Å². The van der Waals surface area contributed by atoms with E-state index in [4.69, 9.17) is 9.97 Å². The first-order valence-electron chi connectivity index (χ1n) is 19.8. The Bertz CT molecular complexity index is 3280. The van der Waals surface area contributed by atoms with E-state index in [1.54, 1.807) is 0 Å². The van der Waals surface area contributed by atoms with Crippen molar-refractivity contribution in [2.24, 2.45) is 0 Å². The minimum Gasteiger partial charge on any atom is -0.228 e. The van der Waals surface area contributed by atoms with Crippen LogP contribution in [0.5, 0.6) is 0 Å². The Kier molecular flexibility index (Phi) is 8.19. The maximum absolute atomic E-state index is 5.24. The minimum absolute atomic E-state index is 0.693. The maximum Gasteiger partial charge on any atom is 0.160 e. The van der Waals surface area contributed by atoms with E-state index >= 15 is 0 Å². The molecule has 0 aliphatic heterocycles. The molecular formula is C56H36N2. The fourth-order valence-electron chi connectivity index (χ4n) is 8.46. The zero-order valence-electron chi connectivity index (χ0n) is 31.7. The zero-order valence-corrected chi connectivity index (χ0v) is 31.7. The summed E-state index contributed by atoms with van der Waals surface area (Å²) >= 11 is 0. The first-order chi connectivity index (χ1) is 28.7. The molecule has 0 N–H and O–H groups in total. The molecule has 0 unspecified atom stereocenters. The Balaban J connectivity index is 1.00. The van der Waals surface area contributed by atoms with E-state index in [-0.39, 0.29) is 0 Å². The van der Waals surface area contributed by atoms with Crippen molar-refractivity contribution in [1.29, 1.82) is 0 Å². The summed E-state index contributed by atoms with van der Waals surface area (Å²) in [7, 11) is 0. The van der Waals surface area contributed by atoms with Gasteiger partial charge in [0.15, 0.2) is 5.82 Å². The van der Waals surface area contributed by atoms with Gasteiger partial charge in [-0.1, -0.05) is 194 Å². The molecular weight excluding hydrogens is 701 g/mol. The minimum atomic E-state index is 0.693. The SMILES string of the molecule is c1ccc(-c2ccc(-c3cc(-c4cccc(-c5ccc6ccccc6c5)c4)nc(-c4ccc(-c5ccc6c7ccccc7c7ccccc7c6c5)cc4)n3)cc2)cc1. The topological polar surface area (TPSA) is 25.8 Å². The van der Waals surface area contributed by atoms with Crippen LogP contribution in [0.3, 0.4) is 0 Å². The van der Waals surface area contributed by atoms with Crippen molar-refractivity contribution in [1.82, 2.24) is 9.97 Å². The maximum atomic E-state index is 5.24. The smallest absolute Gasteiger partial charge is 0.160 e. The van der Waals surface area contributed by atoms with Crippen LogP contribution in [0.25, 0.3) is 110 Å². The fourth-order valence-corrected chi connectivity index (χ4v) is 8.46. The van der Waals surface area contributed by atoms with E-state index in [1.807, 2.05) is 0 Å². The second-order valence-corrected chi connectivity index (χ2v) is 15.0. The summed E-state index contributed by atoms with van der Waals surface area (Å²) in [5, 5.41) is 10.1. The number of hydrogen-bond donors (Lipinski definition) is 0. The second-order valence-electron chi connectivity index (χ2n) is 15.0. The molecule has 0 spiro atoms. The molecule has 0 saturated carbocycles. The number of nitrogens with zero attached hydrogens (tertiary/aromatic N) is 2. The van der Waals surface area contributed by atoms with Gasteiger partial charge >= 0.3 is 0 Å². The lowest BCUT2D eigenvalue weighted by Crippen LogP contribution is -1.96. The highest BCUT2D eigenvalue weighted by molar-refractivity contribution is 6.25. The summed E-state index contributed by atoms with van der Waals surface area (Å²) in [4.78, 5) is 10.5. The highest BCUT2D eigenvalue weighted by atomic mass is 14.9. The molecule has 0 fully saturated rings. The normalized spacial score (nSPS) is 11.4. The third-order valence-corrected chi connectivity index (χ3v) is 11.5. The van der Waals surface area contributed by atoms with Crippen molar-refractivity contribution in [2.45, 2.75) is 0 Å². The molecule has 2 nitrogen and oxygen atoms in total. The molecule has 0 aliphatic carbocycles. The van der Waals surface area contributed by atoms with Crippen LogP contribution in [-0.2, 0) is 0 Å². The van der Waals surface area contributed by atoms with Crippen molar-refractivity contribution in [3.63, 3.8) is 0 Å². The predicted octanol–water partition coefficient (Wildman–Crippen LogP) is 15.1. The van der Waals surface area contributed by atoms with E-state index in [9.17, 15) is 0 Å². The number of rotatable bonds is 6. The summed E-state index contributed by atoms with van der Waals surface area (Å²) < 4.78 is 0. The van der Waals surface area contributed by atoms with Crippen LogP contribution in [0.4, 0.5) is 0 Å². The van der Waals surface area contributed by atoms with E-state index in [0.29, 0.717) is 5.82 Å². The van der Waals surface area contributed by atoms with Crippen LogP contribution >= 0.6 is 0 Å². The molecule has 2 heteroatoms. The highest BCUT2D eigenvalue weighted by Gasteiger charge is 2.14. The van der Waals surface area contributed by atoms with E-state index < -0.39 is 0 Å². The largest absolute Gasteiger partial charge is 0.228 e. The van der Waals surface area contributed by atoms with Crippen molar-refractivity contribution in [3.8, 4) is 67.3 Å².